The van der Waals surface area contributed by atoms with Crippen molar-refractivity contribution in [2.45, 2.75) is 51.7 Å². The molecule has 21 heavy (non-hydrogen) atoms. The first-order valence-electron chi connectivity index (χ1n) is 6.58. The van der Waals surface area contributed by atoms with Gasteiger partial charge in [0.15, 0.2) is 16.1 Å². The Labute approximate surface area is 128 Å². The number of thiocarbonyl (C=S) groups is 1. The van der Waals surface area contributed by atoms with Crippen LogP contribution in [-0.4, -0.2) is 34.0 Å². The van der Waals surface area contributed by atoms with E-state index in [-0.39, 0.29) is 11.5 Å². The van der Waals surface area contributed by atoms with Gasteiger partial charge in [0.05, 0.1) is 5.71 Å². The molecule has 0 saturated carbocycles. The third kappa shape index (κ3) is 2.59. The van der Waals surface area contributed by atoms with Gasteiger partial charge in [0, 0.05) is 12.8 Å². The van der Waals surface area contributed by atoms with Crippen LogP contribution in [0, 0.1) is 5.41 Å². The highest BCUT2D eigenvalue weighted by Gasteiger charge is 2.67. The van der Waals surface area contributed by atoms with E-state index in [2.05, 4.69) is 22.7 Å². The first-order chi connectivity index (χ1) is 9.51. The van der Waals surface area contributed by atoms with E-state index in [0.29, 0.717) is 12.1 Å². The van der Waals surface area contributed by atoms with Crippen LogP contribution in [0.1, 0.15) is 40.5 Å². The van der Waals surface area contributed by atoms with Gasteiger partial charge >= 0.3 is 11.9 Å². The minimum absolute atomic E-state index is 0.0124. The van der Waals surface area contributed by atoms with Gasteiger partial charge in [0.1, 0.15) is 5.60 Å². The molecule has 0 aromatic heterocycles. The number of carbonyl (C=O) groups is 2. The summed E-state index contributed by atoms with van der Waals surface area (Å²) >= 11 is 4.68. The zero-order valence-electron chi connectivity index (χ0n) is 12.5. The number of carbonyl (C=O) groups excluding carboxylic acids is 2. The highest BCUT2D eigenvalue weighted by Crippen LogP contribution is 2.51. The van der Waals surface area contributed by atoms with Gasteiger partial charge in [-0.3, -0.25) is 15.0 Å². The van der Waals surface area contributed by atoms with Crippen LogP contribution in [0.2, 0.25) is 0 Å². The second kappa shape index (κ2) is 4.66. The number of rotatable bonds is 2. The quantitative estimate of drug-likeness (QED) is 0.253. The molecule has 0 bridgehead atoms. The van der Waals surface area contributed by atoms with Gasteiger partial charge in [-0.25, -0.2) is 0 Å². The third-order valence-corrected chi connectivity index (χ3v) is 4.03. The highest BCUT2D eigenvalue weighted by molar-refractivity contribution is 7.80. The molecule has 0 unspecified atom stereocenters. The molecule has 1 spiro atoms. The van der Waals surface area contributed by atoms with Gasteiger partial charge in [-0.2, -0.15) is 5.10 Å². The predicted octanol–water partition coefficient (Wildman–Crippen LogP) is 0.613. The number of hydrogen-bond acceptors (Lipinski definition) is 6. The van der Waals surface area contributed by atoms with Crippen LogP contribution >= 0.6 is 12.2 Å². The second-order valence-electron chi connectivity index (χ2n) is 6.38. The molecule has 2 aliphatic rings. The van der Waals surface area contributed by atoms with Gasteiger partial charge < -0.3 is 15.2 Å². The topological polar surface area (TPSA) is 103 Å². The van der Waals surface area contributed by atoms with E-state index >= 15 is 0 Å². The summed E-state index contributed by atoms with van der Waals surface area (Å²) < 4.78 is 10.7. The number of hydrazone groups is 1. The van der Waals surface area contributed by atoms with E-state index in [1.165, 1.54) is 0 Å². The number of nitrogens with one attached hydrogen (secondary N) is 1. The molecule has 2 rings (SSSR count). The average molecular weight is 313 g/mol. The summed E-state index contributed by atoms with van der Waals surface area (Å²) in [5.74, 6) is -1.10. The summed E-state index contributed by atoms with van der Waals surface area (Å²) in [7, 11) is 0. The smallest absolute Gasteiger partial charge is 0.324 e. The minimum Gasteiger partial charge on any atom is -0.459 e. The maximum atomic E-state index is 12.3. The van der Waals surface area contributed by atoms with Crippen LogP contribution in [0.25, 0.3) is 0 Å². The molecule has 7 nitrogen and oxygen atoms in total. The van der Waals surface area contributed by atoms with E-state index in [0.717, 1.165) is 0 Å². The summed E-state index contributed by atoms with van der Waals surface area (Å²) in [4.78, 5) is 24.5. The lowest BCUT2D eigenvalue weighted by atomic mass is 9.75. The monoisotopic (exact) mass is 313 g/mol. The summed E-state index contributed by atoms with van der Waals surface area (Å²) in [5.41, 5.74) is 5.34. The Hall–Kier alpha value is -1.70. The van der Waals surface area contributed by atoms with E-state index in [1.807, 2.05) is 0 Å². The van der Waals surface area contributed by atoms with E-state index in [9.17, 15) is 9.59 Å². The number of esters is 2. The van der Waals surface area contributed by atoms with Gasteiger partial charge in [-0.05, 0) is 39.9 Å². The molecule has 0 aliphatic carbocycles. The van der Waals surface area contributed by atoms with Crippen LogP contribution < -0.4 is 11.2 Å². The van der Waals surface area contributed by atoms with E-state index < -0.39 is 28.6 Å². The Morgan fingerprint density at radius 1 is 1.24 bits per heavy atom. The third-order valence-electron chi connectivity index (χ3n) is 3.93. The van der Waals surface area contributed by atoms with Crippen molar-refractivity contribution in [3.05, 3.63) is 0 Å². The zero-order chi connectivity index (χ0) is 16.1. The molecule has 116 valence electrons. The van der Waals surface area contributed by atoms with Crippen molar-refractivity contribution in [2.24, 2.45) is 16.3 Å². The summed E-state index contributed by atoms with van der Waals surface area (Å²) in [5, 5.41) is 4.01. The first kappa shape index (κ1) is 15.7. The van der Waals surface area contributed by atoms with E-state index in [1.54, 1.807) is 27.7 Å². The number of hydrogen-bond donors (Lipinski definition) is 2. The molecule has 2 fully saturated rings. The molecule has 8 heteroatoms. The van der Waals surface area contributed by atoms with Crippen molar-refractivity contribution in [3.8, 4) is 0 Å². The number of nitrogens with two attached hydrogens (primary N) is 1. The zero-order valence-corrected chi connectivity index (χ0v) is 13.3. The van der Waals surface area contributed by atoms with Crippen molar-refractivity contribution in [1.82, 2.24) is 5.43 Å². The predicted molar refractivity (Wildman–Crippen MR) is 79.4 cm³/mol. The molecule has 3 N–H and O–H groups in total. The Balaban J connectivity index is 2.29. The lowest BCUT2D eigenvalue weighted by molar-refractivity contribution is -0.160. The Kier molecular flexibility index (Phi) is 3.48. The number of cyclic esters (lactones) is 2. The summed E-state index contributed by atoms with van der Waals surface area (Å²) in [6.45, 7) is 6.94. The Bertz CT molecular complexity index is 560. The van der Waals surface area contributed by atoms with Gasteiger partial charge in [0.25, 0.3) is 0 Å². The van der Waals surface area contributed by atoms with Crippen LogP contribution in [0.4, 0.5) is 0 Å². The maximum absolute atomic E-state index is 12.3. The van der Waals surface area contributed by atoms with Crippen molar-refractivity contribution in [2.75, 3.05) is 0 Å². The fourth-order valence-electron chi connectivity index (χ4n) is 2.92. The SMILES string of the molecule is C/C(=N\NC(N)=S)[C@]1(C)C[C@]2(CC(C)(C)OC2=O)C(=O)O1. The largest absolute Gasteiger partial charge is 0.459 e. The van der Waals surface area contributed by atoms with Crippen LogP contribution in [0.3, 0.4) is 0 Å². The average Bonchev–Trinajstić information content (AvgIpc) is 2.71. The molecule has 0 aromatic carbocycles. The Morgan fingerprint density at radius 2 is 1.81 bits per heavy atom. The molecule has 2 saturated heterocycles. The van der Waals surface area contributed by atoms with Gasteiger partial charge in [0.2, 0.25) is 0 Å². The van der Waals surface area contributed by atoms with E-state index in [4.69, 9.17) is 15.2 Å². The number of ether oxygens (including phenoxy) is 2. The normalized spacial score (nSPS) is 34.8. The Morgan fingerprint density at radius 3 is 2.29 bits per heavy atom. The fraction of sp³-hybridized carbons (Fsp3) is 0.692. The summed E-state index contributed by atoms with van der Waals surface area (Å²) in [6.07, 6.45) is 0.485. The number of nitrogens with zero attached hydrogens (tertiary/aromatic N) is 1. The van der Waals surface area contributed by atoms with Crippen LogP contribution in [-0.2, 0) is 19.1 Å². The molecule has 2 heterocycles. The van der Waals surface area contributed by atoms with Crippen molar-refractivity contribution in [3.63, 3.8) is 0 Å². The molecule has 0 amide bonds. The maximum Gasteiger partial charge on any atom is 0.324 e. The molecule has 0 radical (unpaired) electrons. The minimum atomic E-state index is -1.25. The van der Waals surface area contributed by atoms with Crippen LogP contribution in [0.5, 0.6) is 0 Å². The van der Waals surface area contributed by atoms with Crippen molar-refractivity contribution in [1.29, 1.82) is 0 Å². The van der Waals surface area contributed by atoms with Crippen molar-refractivity contribution < 1.29 is 19.1 Å². The lowest BCUT2D eigenvalue weighted by Crippen LogP contribution is -2.37. The van der Waals surface area contributed by atoms with Gasteiger partial charge in [-0.1, -0.05) is 0 Å². The van der Waals surface area contributed by atoms with Crippen molar-refractivity contribution >= 4 is 35.0 Å². The molecular weight excluding hydrogens is 294 g/mol. The molecule has 2 atom stereocenters. The highest BCUT2D eigenvalue weighted by atomic mass is 32.1. The summed E-state index contributed by atoms with van der Waals surface area (Å²) in [6, 6.07) is 0. The van der Waals surface area contributed by atoms with Crippen LogP contribution in [0.15, 0.2) is 5.10 Å². The molecule has 0 aromatic rings. The fourth-order valence-corrected chi connectivity index (χ4v) is 2.96. The first-order valence-corrected chi connectivity index (χ1v) is 6.99. The molecular formula is C13H19N3O4S. The second-order valence-corrected chi connectivity index (χ2v) is 6.82. The van der Waals surface area contributed by atoms with Gasteiger partial charge in [-0.15, -0.1) is 0 Å². The lowest BCUT2D eigenvalue weighted by Gasteiger charge is -2.22. The standard InChI is InChI=1S/C13H19N3O4S/c1-7(15-16-10(14)21)12(4)6-13(9(18)20-12)5-11(2,3)19-8(13)17/h5-6H2,1-4H3,(H3,14,16,21)/b15-7+/t12-,13-/m0/s1. The molecule has 2 aliphatic heterocycles.